The second-order valence-electron chi connectivity index (χ2n) is 5.26. The normalized spacial score (nSPS) is 10.6. The standard InChI is InChI=1S/C19H19ClN2OS/c1-3-14-9-6-7-13(2)18(14)22-19(24)21-17(23)12-11-15-8-4-5-10-16(15)20/h4-12H,3H2,1-2H3,(H2,21,22,23,24). The lowest BCUT2D eigenvalue weighted by atomic mass is 10.1. The highest BCUT2D eigenvalue weighted by Crippen LogP contribution is 2.21. The Balaban J connectivity index is 2.00. The van der Waals surface area contributed by atoms with E-state index in [1.165, 1.54) is 6.08 Å². The molecule has 0 saturated heterocycles. The first-order chi connectivity index (χ1) is 11.5. The number of amides is 1. The Labute approximate surface area is 152 Å². The van der Waals surface area contributed by atoms with Gasteiger partial charge in [-0.25, -0.2) is 0 Å². The van der Waals surface area contributed by atoms with Gasteiger partial charge >= 0.3 is 0 Å². The lowest BCUT2D eigenvalue weighted by Crippen LogP contribution is -2.33. The van der Waals surface area contributed by atoms with Gasteiger partial charge in [0.05, 0.1) is 0 Å². The van der Waals surface area contributed by atoms with Crippen LogP contribution in [-0.2, 0) is 11.2 Å². The number of aryl methyl sites for hydroxylation is 2. The van der Waals surface area contributed by atoms with Gasteiger partial charge in [-0.05, 0) is 54.4 Å². The van der Waals surface area contributed by atoms with Crippen molar-refractivity contribution in [1.82, 2.24) is 5.32 Å². The number of carbonyl (C=O) groups is 1. The maximum Gasteiger partial charge on any atom is 0.250 e. The van der Waals surface area contributed by atoms with Crippen LogP contribution in [0.3, 0.4) is 0 Å². The van der Waals surface area contributed by atoms with Gasteiger partial charge in [0.25, 0.3) is 0 Å². The minimum absolute atomic E-state index is 0.271. The summed E-state index contributed by atoms with van der Waals surface area (Å²) in [6.07, 6.45) is 3.95. The van der Waals surface area contributed by atoms with Gasteiger partial charge in [0.1, 0.15) is 0 Å². The lowest BCUT2D eigenvalue weighted by molar-refractivity contribution is -0.115. The Morgan fingerprint density at radius 1 is 1.21 bits per heavy atom. The van der Waals surface area contributed by atoms with Crippen LogP contribution < -0.4 is 10.6 Å². The maximum atomic E-state index is 12.0. The van der Waals surface area contributed by atoms with Crippen molar-refractivity contribution in [2.24, 2.45) is 0 Å². The summed E-state index contributed by atoms with van der Waals surface area (Å²) in [5.74, 6) is -0.306. The van der Waals surface area contributed by atoms with Gasteiger partial charge in [-0.1, -0.05) is 54.9 Å². The van der Waals surface area contributed by atoms with Gasteiger partial charge < -0.3 is 5.32 Å². The van der Waals surface area contributed by atoms with E-state index in [1.807, 2.05) is 43.3 Å². The number of nitrogens with one attached hydrogen (secondary N) is 2. The quantitative estimate of drug-likeness (QED) is 0.612. The first-order valence-electron chi connectivity index (χ1n) is 7.64. The molecule has 0 unspecified atom stereocenters. The number of hydrogen-bond acceptors (Lipinski definition) is 2. The summed E-state index contributed by atoms with van der Waals surface area (Å²) in [6, 6.07) is 13.4. The Morgan fingerprint density at radius 2 is 1.96 bits per heavy atom. The number of halogens is 1. The van der Waals surface area contributed by atoms with E-state index >= 15 is 0 Å². The molecule has 124 valence electrons. The molecule has 0 heterocycles. The fraction of sp³-hybridized carbons (Fsp3) is 0.158. The largest absolute Gasteiger partial charge is 0.332 e. The van der Waals surface area contributed by atoms with Crippen LogP contribution in [0.15, 0.2) is 48.5 Å². The summed E-state index contributed by atoms with van der Waals surface area (Å²) >= 11 is 11.3. The summed E-state index contributed by atoms with van der Waals surface area (Å²) < 4.78 is 0. The molecule has 0 aromatic heterocycles. The molecular weight excluding hydrogens is 340 g/mol. The Morgan fingerprint density at radius 3 is 2.67 bits per heavy atom. The summed E-state index contributed by atoms with van der Waals surface area (Å²) in [6.45, 7) is 4.08. The zero-order valence-electron chi connectivity index (χ0n) is 13.6. The molecule has 0 aliphatic rings. The van der Waals surface area contributed by atoms with E-state index < -0.39 is 0 Å². The van der Waals surface area contributed by atoms with Crippen molar-refractivity contribution >= 4 is 46.6 Å². The van der Waals surface area contributed by atoms with Crippen LogP contribution in [-0.4, -0.2) is 11.0 Å². The molecule has 0 spiro atoms. The molecule has 0 aliphatic heterocycles. The molecule has 2 N–H and O–H groups in total. The molecule has 0 bridgehead atoms. The fourth-order valence-electron chi connectivity index (χ4n) is 2.28. The van der Waals surface area contributed by atoms with Crippen LogP contribution in [0.4, 0.5) is 5.69 Å². The van der Waals surface area contributed by atoms with E-state index in [-0.39, 0.29) is 11.0 Å². The van der Waals surface area contributed by atoms with Gasteiger partial charge in [0.2, 0.25) is 5.91 Å². The SMILES string of the molecule is CCc1cccc(C)c1NC(=S)NC(=O)C=Cc1ccccc1Cl. The number of thiocarbonyl (C=S) groups is 1. The van der Waals surface area contributed by atoms with Gasteiger partial charge in [-0.15, -0.1) is 0 Å². The predicted octanol–water partition coefficient (Wildman–Crippen LogP) is 4.74. The van der Waals surface area contributed by atoms with Gasteiger partial charge in [-0.3, -0.25) is 10.1 Å². The molecule has 0 atom stereocenters. The minimum atomic E-state index is -0.306. The van der Waals surface area contributed by atoms with E-state index in [9.17, 15) is 4.79 Å². The molecule has 2 aromatic rings. The van der Waals surface area contributed by atoms with Crippen molar-refractivity contribution in [3.8, 4) is 0 Å². The number of para-hydroxylation sites is 1. The Kier molecular flexibility index (Phi) is 6.53. The topological polar surface area (TPSA) is 41.1 Å². The van der Waals surface area contributed by atoms with E-state index in [0.717, 1.165) is 28.8 Å². The van der Waals surface area contributed by atoms with Crippen LogP contribution in [0.1, 0.15) is 23.6 Å². The number of benzene rings is 2. The number of carbonyl (C=O) groups excluding carboxylic acids is 1. The first-order valence-corrected chi connectivity index (χ1v) is 8.43. The second kappa shape index (κ2) is 8.62. The average Bonchev–Trinajstić information content (AvgIpc) is 2.56. The molecule has 0 radical (unpaired) electrons. The number of anilines is 1. The predicted molar refractivity (Wildman–Crippen MR) is 105 cm³/mol. The lowest BCUT2D eigenvalue weighted by Gasteiger charge is -2.14. The van der Waals surface area contributed by atoms with Gasteiger partial charge in [-0.2, -0.15) is 0 Å². The molecular formula is C19H19ClN2OS. The van der Waals surface area contributed by atoms with E-state index in [4.69, 9.17) is 23.8 Å². The van der Waals surface area contributed by atoms with Crippen molar-refractivity contribution in [3.05, 3.63) is 70.3 Å². The zero-order chi connectivity index (χ0) is 17.5. The molecule has 0 aliphatic carbocycles. The second-order valence-corrected chi connectivity index (χ2v) is 6.08. The molecule has 24 heavy (non-hydrogen) atoms. The summed E-state index contributed by atoms with van der Waals surface area (Å²) in [5, 5.41) is 6.62. The van der Waals surface area contributed by atoms with Crippen LogP contribution in [0, 0.1) is 6.92 Å². The van der Waals surface area contributed by atoms with Crippen molar-refractivity contribution in [2.45, 2.75) is 20.3 Å². The van der Waals surface area contributed by atoms with Crippen molar-refractivity contribution in [2.75, 3.05) is 5.32 Å². The highest BCUT2D eigenvalue weighted by molar-refractivity contribution is 7.80. The molecule has 5 heteroatoms. The minimum Gasteiger partial charge on any atom is -0.332 e. The summed E-state index contributed by atoms with van der Waals surface area (Å²) in [5.41, 5.74) is 3.96. The zero-order valence-corrected chi connectivity index (χ0v) is 15.2. The average molecular weight is 359 g/mol. The van der Waals surface area contributed by atoms with Crippen LogP contribution in [0.2, 0.25) is 5.02 Å². The van der Waals surface area contributed by atoms with Crippen molar-refractivity contribution in [1.29, 1.82) is 0 Å². The third kappa shape index (κ3) is 4.91. The summed E-state index contributed by atoms with van der Waals surface area (Å²) in [4.78, 5) is 12.0. The molecule has 1 amide bonds. The van der Waals surface area contributed by atoms with E-state index in [0.29, 0.717) is 5.02 Å². The first kappa shape index (κ1) is 18.2. The molecule has 3 nitrogen and oxygen atoms in total. The van der Waals surface area contributed by atoms with Crippen LogP contribution in [0.5, 0.6) is 0 Å². The smallest absolute Gasteiger partial charge is 0.250 e. The highest BCUT2D eigenvalue weighted by atomic mass is 35.5. The van der Waals surface area contributed by atoms with Crippen molar-refractivity contribution in [3.63, 3.8) is 0 Å². The maximum absolute atomic E-state index is 12.0. The third-order valence-electron chi connectivity index (χ3n) is 3.53. The van der Waals surface area contributed by atoms with Crippen LogP contribution in [0.25, 0.3) is 6.08 Å². The Hall–Kier alpha value is -2.17. The molecule has 2 aromatic carbocycles. The molecule has 0 fully saturated rings. The highest BCUT2D eigenvalue weighted by Gasteiger charge is 2.07. The van der Waals surface area contributed by atoms with Gasteiger partial charge in [0.15, 0.2) is 5.11 Å². The van der Waals surface area contributed by atoms with Crippen LogP contribution >= 0.6 is 23.8 Å². The number of hydrogen-bond donors (Lipinski definition) is 2. The monoisotopic (exact) mass is 358 g/mol. The molecule has 0 saturated carbocycles. The molecule has 2 rings (SSSR count). The van der Waals surface area contributed by atoms with E-state index in [2.05, 4.69) is 17.6 Å². The third-order valence-corrected chi connectivity index (χ3v) is 4.08. The summed E-state index contributed by atoms with van der Waals surface area (Å²) in [7, 11) is 0. The van der Waals surface area contributed by atoms with Crippen molar-refractivity contribution < 1.29 is 4.79 Å². The Bertz CT molecular complexity index is 787. The van der Waals surface area contributed by atoms with E-state index in [1.54, 1.807) is 12.1 Å². The fourth-order valence-corrected chi connectivity index (χ4v) is 2.68. The van der Waals surface area contributed by atoms with Gasteiger partial charge in [0, 0.05) is 16.8 Å². The number of rotatable bonds is 4.